The van der Waals surface area contributed by atoms with Crippen LogP contribution in [0.3, 0.4) is 0 Å². The van der Waals surface area contributed by atoms with Crippen LogP contribution >= 0.6 is 0 Å². The molecule has 2 bridgehead atoms. The van der Waals surface area contributed by atoms with Gasteiger partial charge < -0.3 is 14.6 Å². The smallest absolute Gasteiger partial charge is 0.331 e. The summed E-state index contributed by atoms with van der Waals surface area (Å²) in [6, 6.07) is 13.3. The van der Waals surface area contributed by atoms with Crippen LogP contribution < -0.4 is 4.74 Å². The topological polar surface area (TPSA) is 76.1 Å². The zero-order chi connectivity index (χ0) is 23.8. The molecule has 1 N–H and O–H groups in total. The lowest BCUT2D eigenvalue weighted by atomic mass is 9.48. The number of hydrogen-bond acceptors (Lipinski definition) is 6. The van der Waals surface area contributed by atoms with E-state index in [1.54, 1.807) is 12.1 Å². The molecule has 1 saturated heterocycles. The van der Waals surface area contributed by atoms with Crippen molar-refractivity contribution in [2.24, 2.45) is 5.92 Å². The van der Waals surface area contributed by atoms with Crippen LogP contribution in [0.15, 0.2) is 48.5 Å². The maximum atomic E-state index is 13.4. The number of ketones is 1. The van der Waals surface area contributed by atoms with Crippen molar-refractivity contribution >= 4 is 17.8 Å². The van der Waals surface area contributed by atoms with E-state index < -0.39 is 23.1 Å². The molecular formula is C29H29NO5. The normalized spacial score (nSPS) is 32.9. The number of nitrogens with zero attached hydrogens (tertiary/aromatic N) is 1. The van der Waals surface area contributed by atoms with Crippen molar-refractivity contribution in [3.05, 3.63) is 65.2 Å². The number of phenolic OH excluding ortho intramolecular Hbond substituents is 1. The number of benzene rings is 2. The summed E-state index contributed by atoms with van der Waals surface area (Å²) in [5.74, 6) is 0.818. The van der Waals surface area contributed by atoms with Gasteiger partial charge in [-0.05, 0) is 67.8 Å². The molecule has 0 aromatic heterocycles. The molecule has 4 atom stereocenters. The Kier molecular flexibility index (Phi) is 4.50. The van der Waals surface area contributed by atoms with E-state index in [-0.39, 0.29) is 17.6 Å². The highest BCUT2D eigenvalue weighted by atomic mass is 16.6. The number of carbonyl (C=O) groups excluding carboxylic acids is 2. The van der Waals surface area contributed by atoms with Crippen LogP contribution in [-0.2, 0) is 26.2 Å². The number of esters is 1. The molecule has 2 aromatic rings. The van der Waals surface area contributed by atoms with Crippen LogP contribution in [0, 0.1) is 5.92 Å². The van der Waals surface area contributed by atoms with Crippen molar-refractivity contribution < 1.29 is 24.2 Å². The maximum absolute atomic E-state index is 13.4. The molecule has 2 aromatic carbocycles. The van der Waals surface area contributed by atoms with E-state index in [0.29, 0.717) is 30.9 Å². The van der Waals surface area contributed by atoms with Gasteiger partial charge in [0.2, 0.25) is 0 Å². The monoisotopic (exact) mass is 471 g/mol. The summed E-state index contributed by atoms with van der Waals surface area (Å²) < 4.78 is 12.8. The Labute approximate surface area is 204 Å². The van der Waals surface area contributed by atoms with Crippen molar-refractivity contribution in [1.82, 2.24) is 4.90 Å². The third-order valence-corrected chi connectivity index (χ3v) is 9.01. The van der Waals surface area contributed by atoms with Crippen LogP contribution in [0.1, 0.15) is 48.8 Å². The minimum Gasteiger partial charge on any atom is -0.504 e. The minimum absolute atomic E-state index is 0.0203. The molecule has 5 aliphatic rings. The molecule has 2 heterocycles. The van der Waals surface area contributed by atoms with E-state index in [4.69, 9.17) is 9.47 Å². The van der Waals surface area contributed by atoms with E-state index in [0.717, 1.165) is 36.2 Å². The molecule has 6 nitrogen and oxygen atoms in total. The average molecular weight is 472 g/mol. The van der Waals surface area contributed by atoms with Gasteiger partial charge in [-0.15, -0.1) is 0 Å². The highest BCUT2D eigenvalue weighted by Gasteiger charge is 2.75. The summed E-state index contributed by atoms with van der Waals surface area (Å²) >= 11 is 0. The second kappa shape index (κ2) is 7.44. The lowest BCUT2D eigenvalue weighted by Gasteiger charge is -2.63. The second-order valence-corrected chi connectivity index (χ2v) is 10.8. The van der Waals surface area contributed by atoms with Gasteiger partial charge in [0.1, 0.15) is 5.60 Å². The maximum Gasteiger partial charge on any atom is 0.331 e. The van der Waals surface area contributed by atoms with Gasteiger partial charge in [0.15, 0.2) is 23.4 Å². The highest BCUT2D eigenvalue weighted by molar-refractivity contribution is 5.92. The fraction of sp³-hybridized carbons (Fsp3) is 0.448. The van der Waals surface area contributed by atoms with Gasteiger partial charge in [-0.1, -0.05) is 36.4 Å². The summed E-state index contributed by atoms with van der Waals surface area (Å²) in [4.78, 5) is 29.2. The molecule has 3 aliphatic carbocycles. The summed E-state index contributed by atoms with van der Waals surface area (Å²) in [5.41, 5.74) is 1.30. The number of carbonyl (C=O) groups is 2. The van der Waals surface area contributed by atoms with Crippen LogP contribution in [0.2, 0.25) is 0 Å². The number of phenols is 1. The molecule has 1 spiro atoms. The van der Waals surface area contributed by atoms with Crippen molar-refractivity contribution in [3.8, 4) is 11.5 Å². The van der Waals surface area contributed by atoms with Crippen LogP contribution in [0.4, 0.5) is 0 Å². The van der Waals surface area contributed by atoms with Gasteiger partial charge in [-0.25, -0.2) is 4.79 Å². The number of likely N-dealkylation sites (tertiary alicyclic amines) is 1. The lowest BCUT2D eigenvalue weighted by Crippen LogP contribution is -2.77. The molecule has 35 heavy (non-hydrogen) atoms. The lowest BCUT2D eigenvalue weighted by molar-refractivity contribution is -0.212. The van der Waals surface area contributed by atoms with Gasteiger partial charge in [0.25, 0.3) is 0 Å². The zero-order valence-electron chi connectivity index (χ0n) is 19.6. The van der Waals surface area contributed by atoms with E-state index in [1.165, 1.54) is 18.9 Å². The minimum atomic E-state index is -0.872. The van der Waals surface area contributed by atoms with E-state index in [2.05, 4.69) is 4.90 Å². The molecule has 0 amide bonds. The van der Waals surface area contributed by atoms with Crippen molar-refractivity contribution in [2.75, 3.05) is 13.1 Å². The SMILES string of the molecule is O=C(C=Cc1ccccc1)OC12CCC(=O)C3Oc4c(O)ccc5c4C31CCN(CC1CC1)C2C5. The Hall–Kier alpha value is -3.12. The van der Waals surface area contributed by atoms with E-state index in [9.17, 15) is 14.7 Å². The van der Waals surface area contributed by atoms with Gasteiger partial charge in [0, 0.05) is 24.6 Å². The molecule has 2 saturated carbocycles. The van der Waals surface area contributed by atoms with Gasteiger partial charge in [0.05, 0.1) is 11.5 Å². The molecular weight excluding hydrogens is 442 g/mol. The Bertz CT molecular complexity index is 1250. The van der Waals surface area contributed by atoms with Gasteiger partial charge >= 0.3 is 5.97 Å². The van der Waals surface area contributed by atoms with Crippen molar-refractivity contribution in [3.63, 3.8) is 0 Å². The first-order chi connectivity index (χ1) is 17.0. The van der Waals surface area contributed by atoms with Crippen molar-refractivity contribution in [1.29, 1.82) is 0 Å². The molecule has 3 fully saturated rings. The summed E-state index contributed by atoms with van der Waals surface area (Å²) in [6.45, 7) is 1.83. The predicted molar refractivity (Wildman–Crippen MR) is 129 cm³/mol. The van der Waals surface area contributed by atoms with Crippen LogP contribution in [0.25, 0.3) is 6.08 Å². The van der Waals surface area contributed by atoms with E-state index in [1.807, 2.05) is 36.4 Å². The first-order valence-corrected chi connectivity index (χ1v) is 12.8. The fourth-order valence-corrected chi connectivity index (χ4v) is 7.38. The number of Topliss-reactive ketones (excluding diaryl/α,β-unsaturated/α-hetero) is 1. The number of aromatic hydroxyl groups is 1. The summed E-state index contributed by atoms with van der Waals surface area (Å²) in [7, 11) is 0. The standard InChI is InChI=1S/C29H29NO5/c31-21-10-9-20-16-23-29(35-24(33)11-8-18-4-2-1-3-5-18)13-12-22(32)27-28(29,25(20)26(21)34-27)14-15-30(23)17-19-6-7-19/h1-5,8-11,19,23,27,31H,6-7,12-17H2. The number of rotatable bonds is 5. The summed E-state index contributed by atoms with van der Waals surface area (Å²) in [6.07, 6.45) is 7.23. The molecule has 4 unspecified atom stereocenters. The van der Waals surface area contributed by atoms with E-state index >= 15 is 0 Å². The third kappa shape index (κ3) is 2.92. The Balaban J connectivity index is 1.35. The average Bonchev–Trinajstić information content (AvgIpc) is 3.60. The molecule has 0 radical (unpaired) electrons. The van der Waals surface area contributed by atoms with Gasteiger partial charge in [-0.2, -0.15) is 0 Å². The number of hydrogen-bond donors (Lipinski definition) is 1. The fourth-order valence-electron chi connectivity index (χ4n) is 7.38. The largest absolute Gasteiger partial charge is 0.504 e. The van der Waals surface area contributed by atoms with Crippen LogP contribution in [-0.4, -0.2) is 52.6 Å². The number of ether oxygens (including phenoxy) is 2. The Morgan fingerprint density at radius 3 is 2.80 bits per heavy atom. The Morgan fingerprint density at radius 1 is 1.17 bits per heavy atom. The zero-order valence-corrected chi connectivity index (χ0v) is 19.6. The molecule has 7 rings (SSSR count). The first kappa shape index (κ1) is 21.2. The highest BCUT2D eigenvalue weighted by Crippen LogP contribution is 2.66. The number of piperidine rings is 1. The Morgan fingerprint density at radius 2 is 2.00 bits per heavy atom. The second-order valence-electron chi connectivity index (χ2n) is 10.8. The van der Waals surface area contributed by atoms with Gasteiger partial charge in [-0.3, -0.25) is 9.69 Å². The molecule has 6 heteroatoms. The molecule has 180 valence electrons. The van der Waals surface area contributed by atoms with Crippen LogP contribution in [0.5, 0.6) is 11.5 Å². The third-order valence-electron chi connectivity index (χ3n) is 9.01. The quantitative estimate of drug-likeness (QED) is 0.528. The first-order valence-electron chi connectivity index (χ1n) is 12.8. The predicted octanol–water partition coefficient (Wildman–Crippen LogP) is 3.79. The summed E-state index contributed by atoms with van der Waals surface area (Å²) in [5, 5.41) is 10.7. The van der Waals surface area contributed by atoms with Crippen molar-refractivity contribution in [2.45, 2.75) is 61.7 Å². The molecule has 2 aliphatic heterocycles.